The Morgan fingerprint density at radius 2 is 1.84 bits per heavy atom. The zero-order valence-corrected chi connectivity index (χ0v) is 17.3. The molecule has 31 heavy (non-hydrogen) atoms. The van der Waals surface area contributed by atoms with Crippen LogP contribution >= 0.6 is 0 Å². The van der Waals surface area contributed by atoms with Gasteiger partial charge in [-0.05, 0) is 19.3 Å². The van der Waals surface area contributed by atoms with Crippen molar-refractivity contribution in [2.75, 3.05) is 6.61 Å². The minimum atomic E-state index is -1.69. The molecule has 1 atom stereocenters. The van der Waals surface area contributed by atoms with E-state index in [1.807, 2.05) is 6.92 Å². The lowest BCUT2D eigenvalue weighted by atomic mass is 9.80. The second-order valence-corrected chi connectivity index (χ2v) is 8.01. The molecule has 2 aromatic rings. The smallest absolute Gasteiger partial charge is 0.203 e. The minimum absolute atomic E-state index is 0.0776. The molecule has 1 unspecified atom stereocenters. The van der Waals surface area contributed by atoms with Crippen LogP contribution in [0.2, 0.25) is 0 Å². The maximum atomic E-state index is 13.8. The van der Waals surface area contributed by atoms with Gasteiger partial charge < -0.3 is 10.5 Å². The van der Waals surface area contributed by atoms with Crippen LogP contribution in [-0.4, -0.2) is 27.4 Å². The SMILES string of the molecule is CCCCC(C(=O)COc1c(F)c(F)cc(F)c1F)n1cc(C2(N)CCCCC2)nn1. The monoisotopic (exact) mass is 442 g/mol. The molecule has 0 bridgehead atoms. The predicted octanol–water partition coefficient (Wildman–Crippen LogP) is 4.33. The van der Waals surface area contributed by atoms with E-state index in [0.717, 1.165) is 38.5 Å². The summed E-state index contributed by atoms with van der Waals surface area (Å²) >= 11 is 0. The minimum Gasteiger partial charge on any atom is -0.479 e. The van der Waals surface area contributed by atoms with Crippen molar-refractivity contribution in [3.8, 4) is 5.75 Å². The Morgan fingerprint density at radius 1 is 1.19 bits per heavy atom. The second-order valence-electron chi connectivity index (χ2n) is 8.01. The van der Waals surface area contributed by atoms with Gasteiger partial charge in [-0.15, -0.1) is 5.10 Å². The average molecular weight is 442 g/mol. The fourth-order valence-electron chi connectivity index (χ4n) is 3.85. The number of hydrogen-bond donors (Lipinski definition) is 1. The molecule has 1 aliphatic carbocycles. The predicted molar refractivity (Wildman–Crippen MR) is 104 cm³/mol. The Labute approximate surface area is 177 Å². The standard InChI is InChI=1S/C21H26F4N4O2/c1-2-3-7-15(29-11-17(27-28-29)21(26)8-5-4-6-9-21)16(30)12-31-20-18(24)13(22)10-14(23)19(20)25/h10-11,15H,2-9,12,26H2,1H3. The van der Waals surface area contributed by atoms with Gasteiger partial charge >= 0.3 is 0 Å². The summed E-state index contributed by atoms with van der Waals surface area (Å²) in [5.41, 5.74) is 6.48. The molecule has 1 aliphatic rings. The summed E-state index contributed by atoms with van der Waals surface area (Å²) in [5.74, 6) is -8.41. The highest BCUT2D eigenvalue weighted by Crippen LogP contribution is 2.34. The first-order valence-corrected chi connectivity index (χ1v) is 10.5. The van der Waals surface area contributed by atoms with Gasteiger partial charge in [0.05, 0.1) is 11.7 Å². The lowest BCUT2D eigenvalue weighted by Gasteiger charge is -2.31. The van der Waals surface area contributed by atoms with Crippen LogP contribution in [0.1, 0.15) is 70.0 Å². The Balaban J connectivity index is 1.78. The molecular weight excluding hydrogens is 416 g/mol. The molecule has 6 nitrogen and oxygen atoms in total. The largest absolute Gasteiger partial charge is 0.479 e. The van der Waals surface area contributed by atoms with E-state index in [-0.39, 0.29) is 6.07 Å². The molecule has 0 spiro atoms. The first-order valence-electron chi connectivity index (χ1n) is 10.5. The van der Waals surface area contributed by atoms with Crippen molar-refractivity contribution in [3.05, 3.63) is 41.2 Å². The molecule has 3 rings (SSSR count). The molecule has 1 fully saturated rings. The number of ketones is 1. The fourth-order valence-corrected chi connectivity index (χ4v) is 3.85. The summed E-state index contributed by atoms with van der Waals surface area (Å²) in [7, 11) is 0. The summed E-state index contributed by atoms with van der Waals surface area (Å²) in [4.78, 5) is 12.8. The Bertz CT molecular complexity index is 902. The van der Waals surface area contributed by atoms with Crippen molar-refractivity contribution in [1.82, 2.24) is 15.0 Å². The highest BCUT2D eigenvalue weighted by atomic mass is 19.2. The van der Waals surface area contributed by atoms with Crippen molar-refractivity contribution < 1.29 is 27.1 Å². The Hall–Kier alpha value is -2.49. The number of carbonyl (C=O) groups excluding carboxylic acids is 1. The topological polar surface area (TPSA) is 83.0 Å². The number of unbranched alkanes of at least 4 members (excludes halogenated alkanes) is 1. The van der Waals surface area contributed by atoms with Crippen LogP contribution in [0.3, 0.4) is 0 Å². The van der Waals surface area contributed by atoms with Gasteiger partial charge in [0.1, 0.15) is 18.3 Å². The van der Waals surface area contributed by atoms with Gasteiger partial charge in [0.15, 0.2) is 23.2 Å². The van der Waals surface area contributed by atoms with E-state index >= 15 is 0 Å². The molecule has 2 N–H and O–H groups in total. The van der Waals surface area contributed by atoms with Crippen LogP contribution in [0.5, 0.6) is 5.75 Å². The molecule has 170 valence electrons. The number of Topliss-reactive ketones (excluding diaryl/α,β-unsaturated/α-hetero) is 1. The Kier molecular flexibility index (Phi) is 7.30. The molecule has 0 aliphatic heterocycles. The van der Waals surface area contributed by atoms with Crippen molar-refractivity contribution in [3.63, 3.8) is 0 Å². The lowest BCUT2D eigenvalue weighted by Crippen LogP contribution is -2.39. The molecule has 0 saturated heterocycles. The van der Waals surface area contributed by atoms with E-state index in [4.69, 9.17) is 10.5 Å². The molecule has 1 aromatic carbocycles. The van der Waals surface area contributed by atoms with E-state index in [0.29, 0.717) is 18.5 Å². The van der Waals surface area contributed by atoms with Gasteiger partial charge in [-0.1, -0.05) is 44.2 Å². The van der Waals surface area contributed by atoms with Gasteiger partial charge in [-0.25, -0.2) is 13.5 Å². The van der Waals surface area contributed by atoms with E-state index in [9.17, 15) is 22.4 Å². The van der Waals surface area contributed by atoms with Crippen LogP contribution in [0.15, 0.2) is 12.3 Å². The van der Waals surface area contributed by atoms with E-state index in [1.54, 1.807) is 6.20 Å². The first-order chi connectivity index (χ1) is 14.8. The van der Waals surface area contributed by atoms with Crippen molar-refractivity contribution in [2.24, 2.45) is 5.73 Å². The molecule has 1 saturated carbocycles. The normalized spacial score (nSPS) is 16.8. The number of nitrogens with zero attached hydrogens (tertiary/aromatic N) is 3. The maximum absolute atomic E-state index is 13.8. The number of halogens is 4. The Morgan fingerprint density at radius 3 is 2.45 bits per heavy atom. The van der Waals surface area contributed by atoms with Crippen LogP contribution in [0.25, 0.3) is 0 Å². The molecule has 0 radical (unpaired) electrons. The summed E-state index contributed by atoms with van der Waals surface area (Å²) < 4.78 is 60.6. The molecular formula is C21H26F4N4O2. The molecule has 1 aromatic heterocycles. The van der Waals surface area contributed by atoms with Crippen LogP contribution in [0.4, 0.5) is 17.6 Å². The van der Waals surface area contributed by atoms with Gasteiger partial charge in [-0.2, -0.15) is 8.78 Å². The number of carbonyl (C=O) groups is 1. The summed E-state index contributed by atoms with van der Waals surface area (Å²) in [6.07, 6.45) is 8.11. The zero-order valence-electron chi connectivity index (χ0n) is 17.3. The quantitative estimate of drug-likeness (QED) is 0.462. The number of hydrogen-bond acceptors (Lipinski definition) is 5. The number of rotatable bonds is 9. The summed E-state index contributed by atoms with van der Waals surface area (Å²) in [6.45, 7) is 1.16. The number of aromatic nitrogens is 3. The number of nitrogens with two attached hydrogens (primary N) is 1. The maximum Gasteiger partial charge on any atom is 0.203 e. The van der Waals surface area contributed by atoms with Gasteiger partial charge in [0.2, 0.25) is 11.6 Å². The van der Waals surface area contributed by atoms with Crippen LogP contribution in [-0.2, 0) is 10.3 Å². The summed E-state index contributed by atoms with van der Waals surface area (Å²) in [5, 5.41) is 8.24. The number of benzene rings is 1. The van der Waals surface area contributed by atoms with Crippen molar-refractivity contribution in [1.29, 1.82) is 0 Å². The van der Waals surface area contributed by atoms with Gasteiger partial charge in [0.25, 0.3) is 0 Å². The van der Waals surface area contributed by atoms with Crippen molar-refractivity contribution >= 4 is 5.78 Å². The van der Waals surface area contributed by atoms with Gasteiger partial charge in [0, 0.05) is 6.07 Å². The highest BCUT2D eigenvalue weighted by Gasteiger charge is 2.33. The van der Waals surface area contributed by atoms with E-state index in [2.05, 4.69) is 10.3 Å². The number of ether oxygens (including phenoxy) is 1. The average Bonchev–Trinajstić information content (AvgIpc) is 3.24. The molecule has 1 heterocycles. The van der Waals surface area contributed by atoms with Crippen LogP contribution < -0.4 is 10.5 Å². The molecule has 10 heteroatoms. The summed E-state index contributed by atoms with van der Waals surface area (Å²) in [6, 6.07) is -0.730. The third kappa shape index (κ3) is 5.06. The third-order valence-electron chi connectivity index (χ3n) is 5.72. The van der Waals surface area contributed by atoms with Gasteiger partial charge in [-0.3, -0.25) is 4.79 Å². The van der Waals surface area contributed by atoms with Crippen molar-refractivity contribution in [2.45, 2.75) is 69.9 Å². The van der Waals surface area contributed by atoms with Crippen LogP contribution in [0, 0.1) is 23.3 Å². The van der Waals surface area contributed by atoms with E-state index < -0.39 is 53.0 Å². The fraction of sp³-hybridized carbons (Fsp3) is 0.571. The first kappa shape index (κ1) is 23.2. The second kappa shape index (κ2) is 9.76. The highest BCUT2D eigenvalue weighted by molar-refractivity contribution is 5.84. The third-order valence-corrected chi connectivity index (χ3v) is 5.72. The van der Waals surface area contributed by atoms with E-state index in [1.165, 1.54) is 4.68 Å². The molecule has 0 amide bonds. The lowest BCUT2D eigenvalue weighted by molar-refractivity contribution is -0.124. The zero-order chi connectivity index (χ0) is 22.6.